The van der Waals surface area contributed by atoms with Crippen molar-refractivity contribution in [2.24, 2.45) is 11.7 Å². The van der Waals surface area contributed by atoms with Crippen LogP contribution >= 0.6 is 11.8 Å². The predicted molar refractivity (Wildman–Crippen MR) is 66.0 cm³/mol. The third-order valence-corrected chi connectivity index (χ3v) is 3.70. The van der Waals surface area contributed by atoms with Gasteiger partial charge < -0.3 is 10.8 Å². The summed E-state index contributed by atoms with van der Waals surface area (Å²) < 4.78 is 0. The third-order valence-electron chi connectivity index (χ3n) is 2.38. The lowest BCUT2D eigenvalue weighted by atomic mass is 10.1. The average Bonchev–Trinajstić information content (AvgIpc) is 2.26. The Morgan fingerprint density at radius 3 is 2.73 bits per heavy atom. The van der Waals surface area contributed by atoms with Gasteiger partial charge in [-0.25, -0.2) is 0 Å². The molecule has 2 nitrogen and oxygen atoms in total. The highest BCUT2D eigenvalue weighted by atomic mass is 32.2. The number of aliphatic hydroxyl groups is 1. The maximum atomic E-state index is 8.92. The molecule has 0 aromatic heterocycles. The zero-order valence-corrected chi connectivity index (χ0v) is 10.2. The van der Waals surface area contributed by atoms with Crippen LogP contribution in [0.1, 0.15) is 18.1 Å². The number of thioether (sulfide) groups is 1. The van der Waals surface area contributed by atoms with Gasteiger partial charge in [0.1, 0.15) is 0 Å². The summed E-state index contributed by atoms with van der Waals surface area (Å²) in [6, 6.07) is 6.35. The molecule has 1 atom stereocenters. The molecule has 0 saturated heterocycles. The standard InChI is InChI=1S/C12H19NOS/c1-9(7-14)8-15-12-4-3-11(6-13)10(2)5-12/h3-5,9,14H,6-8,13H2,1-2H3. The normalized spacial score (nSPS) is 12.8. The minimum absolute atomic E-state index is 0.257. The second-order valence-electron chi connectivity index (χ2n) is 3.89. The zero-order valence-electron chi connectivity index (χ0n) is 9.36. The first-order chi connectivity index (χ1) is 7.17. The first kappa shape index (κ1) is 12.6. The van der Waals surface area contributed by atoms with E-state index >= 15 is 0 Å². The molecule has 0 radical (unpaired) electrons. The Hall–Kier alpha value is -0.510. The number of rotatable bonds is 5. The molecule has 3 heteroatoms. The monoisotopic (exact) mass is 225 g/mol. The van der Waals surface area contributed by atoms with Gasteiger partial charge >= 0.3 is 0 Å². The fourth-order valence-corrected chi connectivity index (χ4v) is 2.29. The van der Waals surface area contributed by atoms with Gasteiger partial charge in [0.05, 0.1) is 0 Å². The summed E-state index contributed by atoms with van der Waals surface area (Å²) in [4.78, 5) is 1.25. The van der Waals surface area contributed by atoms with Crippen LogP contribution in [0.2, 0.25) is 0 Å². The quantitative estimate of drug-likeness (QED) is 0.755. The van der Waals surface area contributed by atoms with Gasteiger partial charge in [0, 0.05) is 23.8 Å². The lowest BCUT2D eigenvalue weighted by Crippen LogP contribution is -2.03. The lowest BCUT2D eigenvalue weighted by Gasteiger charge is -2.09. The number of hydrogen-bond acceptors (Lipinski definition) is 3. The van der Waals surface area contributed by atoms with Crippen LogP contribution in [0.15, 0.2) is 23.1 Å². The van der Waals surface area contributed by atoms with E-state index in [1.807, 2.05) is 6.92 Å². The van der Waals surface area contributed by atoms with Crippen LogP contribution in [0.3, 0.4) is 0 Å². The summed E-state index contributed by atoms with van der Waals surface area (Å²) in [5.74, 6) is 1.31. The largest absolute Gasteiger partial charge is 0.396 e. The molecule has 15 heavy (non-hydrogen) atoms. The van der Waals surface area contributed by atoms with E-state index in [9.17, 15) is 0 Å². The molecular formula is C12H19NOS. The molecule has 0 aliphatic carbocycles. The molecule has 3 N–H and O–H groups in total. The first-order valence-electron chi connectivity index (χ1n) is 5.20. The minimum atomic E-state index is 0.257. The Morgan fingerprint density at radius 1 is 1.47 bits per heavy atom. The summed E-state index contributed by atoms with van der Waals surface area (Å²) >= 11 is 1.79. The van der Waals surface area contributed by atoms with E-state index in [-0.39, 0.29) is 6.61 Å². The number of aliphatic hydroxyl groups excluding tert-OH is 1. The number of hydrogen-bond donors (Lipinski definition) is 2. The summed E-state index contributed by atoms with van der Waals surface area (Å²) in [7, 11) is 0. The van der Waals surface area contributed by atoms with Crippen LogP contribution in [0.25, 0.3) is 0 Å². The van der Waals surface area contributed by atoms with Crippen LogP contribution in [0.4, 0.5) is 0 Å². The van der Waals surface area contributed by atoms with Crippen molar-refractivity contribution in [2.75, 3.05) is 12.4 Å². The third kappa shape index (κ3) is 3.86. The van der Waals surface area contributed by atoms with Crippen LogP contribution in [0, 0.1) is 12.8 Å². The fraction of sp³-hybridized carbons (Fsp3) is 0.500. The van der Waals surface area contributed by atoms with Crippen molar-refractivity contribution >= 4 is 11.8 Å². The molecule has 0 saturated carbocycles. The van der Waals surface area contributed by atoms with E-state index in [1.54, 1.807) is 11.8 Å². The Labute approximate surface area is 95.9 Å². The van der Waals surface area contributed by atoms with Gasteiger partial charge in [-0.2, -0.15) is 0 Å². The van der Waals surface area contributed by atoms with E-state index in [0.29, 0.717) is 12.5 Å². The summed E-state index contributed by atoms with van der Waals surface area (Å²) in [6.45, 7) is 4.99. The molecular weight excluding hydrogens is 206 g/mol. The van der Waals surface area contributed by atoms with E-state index in [4.69, 9.17) is 10.8 Å². The minimum Gasteiger partial charge on any atom is -0.396 e. The predicted octanol–water partition coefficient (Wildman–Crippen LogP) is 2.17. The van der Waals surface area contributed by atoms with Crippen LogP contribution < -0.4 is 5.73 Å². The fourth-order valence-electron chi connectivity index (χ4n) is 1.28. The van der Waals surface area contributed by atoms with Crippen molar-refractivity contribution in [3.63, 3.8) is 0 Å². The number of benzene rings is 1. The van der Waals surface area contributed by atoms with Gasteiger partial charge in [-0.3, -0.25) is 0 Å². The van der Waals surface area contributed by atoms with Crippen LogP contribution in [0.5, 0.6) is 0 Å². The SMILES string of the molecule is Cc1cc(SCC(C)CO)ccc1CN. The van der Waals surface area contributed by atoms with Gasteiger partial charge in [0.15, 0.2) is 0 Å². The maximum Gasteiger partial charge on any atom is 0.0464 e. The van der Waals surface area contributed by atoms with Gasteiger partial charge in [0.2, 0.25) is 0 Å². The van der Waals surface area contributed by atoms with Gasteiger partial charge in [-0.1, -0.05) is 13.0 Å². The molecule has 0 fully saturated rings. The first-order valence-corrected chi connectivity index (χ1v) is 6.19. The van der Waals surface area contributed by atoms with Crippen molar-refractivity contribution in [1.29, 1.82) is 0 Å². The van der Waals surface area contributed by atoms with E-state index < -0.39 is 0 Å². The smallest absolute Gasteiger partial charge is 0.0464 e. The molecule has 1 rings (SSSR count). The van der Waals surface area contributed by atoms with Gasteiger partial charge in [0.25, 0.3) is 0 Å². The second kappa shape index (κ2) is 6.16. The topological polar surface area (TPSA) is 46.2 Å². The Kier molecular flexibility index (Phi) is 5.15. The molecule has 0 bridgehead atoms. The van der Waals surface area contributed by atoms with E-state index in [0.717, 1.165) is 5.75 Å². The molecule has 1 unspecified atom stereocenters. The highest BCUT2D eigenvalue weighted by Crippen LogP contribution is 2.23. The van der Waals surface area contributed by atoms with Crippen molar-refractivity contribution in [3.05, 3.63) is 29.3 Å². The zero-order chi connectivity index (χ0) is 11.3. The van der Waals surface area contributed by atoms with Crippen molar-refractivity contribution in [2.45, 2.75) is 25.3 Å². The van der Waals surface area contributed by atoms with Crippen LogP contribution in [-0.4, -0.2) is 17.5 Å². The van der Waals surface area contributed by atoms with Gasteiger partial charge in [-0.05, 0) is 36.1 Å². The summed E-state index contributed by atoms with van der Waals surface area (Å²) in [6.07, 6.45) is 0. The Bertz CT molecular complexity index is 314. The maximum absolute atomic E-state index is 8.92. The number of aryl methyl sites for hydroxylation is 1. The molecule has 0 aliphatic rings. The van der Waals surface area contributed by atoms with Crippen LogP contribution in [-0.2, 0) is 6.54 Å². The second-order valence-corrected chi connectivity index (χ2v) is 4.98. The molecule has 0 heterocycles. The van der Waals surface area contributed by atoms with Crippen molar-refractivity contribution < 1.29 is 5.11 Å². The molecule has 84 valence electrons. The molecule has 0 aliphatic heterocycles. The van der Waals surface area contributed by atoms with Crippen molar-refractivity contribution in [3.8, 4) is 0 Å². The molecule has 0 amide bonds. The Morgan fingerprint density at radius 2 is 2.20 bits per heavy atom. The lowest BCUT2D eigenvalue weighted by molar-refractivity contribution is 0.250. The summed E-state index contributed by atoms with van der Waals surface area (Å²) in [5, 5.41) is 8.92. The highest BCUT2D eigenvalue weighted by molar-refractivity contribution is 7.99. The van der Waals surface area contributed by atoms with Crippen molar-refractivity contribution in [1.82, 2.24) is 0 Å². The Balaban J connectivity index is 2.59. The molecule has 1 aromatic carbocycles. The highest BCUT2D eigenvalue weighted by Gasteiger charge is 2.03. The van der Waals surface area contributed by atoms with E-state index in [2.05, 4.69) is 25.1 Å². The number of nitrogens with two attached hydrogens (primary N) is 1. The van der Waals surface area contributed by atoms with Gasteiger partial charge in [-0.15, -0.1) is 11.8 Å². The summed E-state index contributed by atoms with van der Waals surface area (Å²) in [5.41, 5.74) is 8.06. The average molecular weight is 225 g/mol. The molecule has 1 aromatic rings. The molecule has 0 spiro atoms. The van der Waals surface area contributed by atoms with E-state index in [1.165, 1.54) is 16.0 Å².